The Morgan fingerprint density at radius 3 is 2.96 bits per heavy atom. The van der Waals surface area contributed by atoms with Crippen LogP contribution in [0.25, 0.3) is 0 Å². The summed E-state index contributed by atoms with van der Waals surface area (Å²) in [6, 6.07) is 4.14. The third-order valence-corrected chi connectivity index (χ3v) is 4.75. The Hall–Kier alpha value is -1.60. The van der Waals surface area contributed by atoms with Crippen LogP contribution < -0.4 is 5.32 Å². The van der Waals surface area contributed by atoms with Crippen LogP contribution in [0.5, 0.6) is 0 Å². The second-order valence-electron chi connectivity index (χ2n) is 5.39. The van der Waals surface area contributed by atoms with Crippen molar-refractivity contribution in [2.24, 2.45) is 0 Å². The summed E-state index contributed by atoms with van der Waals surface area (Å²) < 4.78 is 15.7. The van der Waals surface area contributed by atoms with Crippen LogP contribution in [0, 0.1) is 5.82 Å². The summed E-state index contributed by atoms with van der Waals surface area (Å²) in [6.45, 7) is 4.71. The zero-order valence-electron chi connectivity index (χ0n) is 13.6. The molecule has 0 saturated carbocycles. The lowest BCUT2D eigenvalue weighted by Crippen LogP contribution is -2.23. The maximum Gasteiger partial charge on any atom is 0.237 e. The third kappa shape index (κ3) is 5.21. The van der Waals surface area contributed by atoms with Crippen LogP contribution in [0.15, 0.2) is 29.7 Å². The van der Waals surface area contributed by atoms with Crippen molar-refractivity contribution in [3.63, 3.8) is 0 Å². The molecule has 24 heavy (non-hydrogen) atoms. The zero-order chi connectivity index (χ0) is 17.5. The number of rotatable bonds is 8. The van der Waals surface area contributed by atoms with Gasteiger partial charge in [-0.2, -0.15) is 0 Å². The molecule has 0 saturated heterocycles. The first kappa shape index (κ1) is 18.7. The lowest BCUT2D eigenvalue weighted by atomic mass is 10.2. The lowest BCUT2D eigenvalue weighted by molar-refractivity contribution is -0.115. The minimum Gasteiger partial charge on any atom is -0.323 e. The highest BCUT2D eigenvalue weighted by Gasteiger charge is 2.19. The van der Waals surface area contributed by atoms with Gasteiger partial charge in [-0.15, -0.1) is 10.2 Å². The number of amides is 1. The van der Waals surface area contributed by atoms with Gasteiger partial charge in [0.15, 0.2) is 5.16 Å². The predicted molar refractivity (Wildman–Crippen MR) is 94.9 cm³/mol. The first-order chi connectivity index (χ1) is 11.5. The number of hydrogen-bond acceptors (Lipinski definition) is 4. The molecule has 0 fully saturated rings. The van der Waals surface area contributed by atoms with E-state index in [0.29, 0.717) is 5.16 Å². The molecule has 0 aliphatic carbocycles. The van der Waals surface area contributed by atoms with Crippen molar-refractivity contribution in [1.82, 2.24) is 14.8 Å². The van der Waals surface area contributed by atoms with Gasteiger partial charge in [-0.1, -0.05) is 43.1 Å². The molecule has 1 aromatic carbocycles. The first-order valence-electron chi connectivity index (χ1n) is 7.81. The summed E-state index contributed by atoms with van der Waals surface area (Å²) in [5.41, 5.74) is 0.112. The lowest BCUT2D eigenvalue weighted by Gasteiger charge is -2.13. The van der Waals surface area contributed by atoms with Gasteiger partial charge >= 0.3 is 0 Å². The number of halogens is 2. The molecule has 5 nitrogen and oxygen atoms in total. The van der Waals surface area contributed by atoms with Gasteiger partial charge in [0.1, 0.15) is 12.1 Å². The number of nitrogens with one attached hydrogen (secondary N) is 1. The van der Waals surface area contributed by atoms with Gasteiger partial charge in [0.2, 0.25) is 5.91 Å². The molecule has 0 aliphatic heterocycles. The van der Waals surface area contributed by atoms with E-state index in [-0.39, 0.29) is 16.6 Å². The number of hydrogen-bond donors (Lipinski definition) is 1. The van der Waals surface area contributed by atoms with Crippen LogP contribution in [0.3, 0.4) is 0 Å². The van der Waals surface area contributed by atoms with Gasteiger partial charge in [-0.05, 0) is 31.5 Å². The van der Waals surface area contributed by atoms with E-state index in [1.807, 2.05) is 4.57 Å². The number of thioether (sulfide) groups is 1. The van der Waals surface area contributed by atoms with E-state index >= 15 is 0 Å². The second kappa shape index (κ2) is 9.03. The van der Waals surface area contributed by atoms with Gasteiger partial charge in [-0.3, -0.25) is 4.79 Å². The first-order valence-corrected chi connectivity index (χ1v) is 9.07. The number of carbonyl (C=O) groups is 1. The minimum absolute atomic E-state index is 0.112. The fourth-order valence-electron chi connectivity index (χ4n) is 2.06. The summed E-state index contributed by atoms with van der Waals surface area (Å²) >= 11 is 7.01. The number of carbonyl (C=O) groups excluding carboxylic acids is 1. The molecular weight excluding hydrogens is 351 g/mol. The third-order valence-electron chi connectivity index (χ3n) is 3.42. The molecule has 0 bridgehead atoms. The van der Waals surface area contributed by atoms with Crippen molar-refractivity contribution in [1.29, 1.82) is 0 Å². The smallest absolute Gasteiger partial charge is 0.237 e. The van der Waals surface area contributed by atoms with Crippen molar-refractivity contribution in [3.05, 3.63) is 35.4 Å². The van der Waals surface area contributed by atoms with E-state index in [2.05, 4.69) is 22.4 Å². The largest absolute Gasteiger partial charge is 0.323 e. The summed E-state index contributed by atoms with van der Waals surface area (Å²) in [6.07, 6.45) is 4.98. The standard InChI is InChI=1S/C16H20ClFN4OS/c1-3-4-5-8-22-10-19-21-16(22)24-11(2)15(23)20-14-7-6-12(17)9-13(14)18/h6-7,9-11H,3-5,8H2,1-2H3,(H,20,23)/t11-/m1/s1. The number of aryl methyl sites for hydroxylation is 1. The summed E-state index contributed by atoms with van der Waals surface area (Å²) in [5, 5.41) is 11.1. The monoisotopic (exact) mass is 370 g/mol. The Balaban J connectivity index is 1.95. The molecule has 1 heterocycles. The van der Waals surface area contributed by atoms with E-state index in [0.717, 1.165) is 25.8 Å². The Kier molecular flexibility index (Phi) is 7.05. The summed E-state index contributed by atoms with van der Waals surface area (Å²) in [7, 11) is 0. The van der Waals surface area contributed by atoms with Crippen LogP contribution >= 0.6 is 23.4 Å². The zero-order valence-corrected chi connectivity index (χ0v) is 15.2. The normalized spacial score (nSPS) is 12.2. The number of benzene rings is 1. The fraction of sp³-hybridized carbons (Fsp3) is 0.438. The summed E-state index contributed by atoms with van der Waals surface area (Å²) in [4.78, 5) is 12.3. The Bertz CT molecular complexity index is 694. The maximum absolute atomic E-state index is 13.8. The van der Waals surface area contributed by atoms with E-state index in [1.165, 1.54) is 30.0 Å². The number of anilines is 1. The van der Waals surface area contributed by atoms with Crippen LogP contribution in [0.1, 0.15) is 33.1 Å². The van der Waals surface area contributed by atoms with Crippen molar-refractivity contribution in [2.45, 2.75) is 50.1 Å². The number of aromatic nitrogens is 3. The molecular formula is C16H20ClFN4OS. The van der Waals surface area contributed by atoms with Gasteiger partial charge in [0.05, 0.1) is 10.9 Å². The molecule has 1 aromatic heterocycles. The highest BCUT2D eigenvalue weighted by Crippen LogP contribution is 2.24. The van der Waals surface area contributed by atoms with Crippen LogP contribution in [-0.2, 0) is 11.3 Å². The highest BCUT2D eigenvalue weighted by atomic mass is 35.5. The van der Waals surface area contributed by atoms with Crippen molar-refractivity contribution in [2.75, 3.05) is 5.32 Å². The van der Waals surface area contributed by atoms with Crippen LogP contribution in [0.2, 0.25) is 5.02 Å². The molecule has 1 amide bonds. The van der Waals surface area contributed by atoms with E-state index in [9.17, 15) is 9.18 Å². The molecule has 8 heteroatoms. The van der Waals surface area contributed by atoms with Crippen molar-refractivity contribution in [3.8, 4) is 0 Å². The topological polar surface area (TPSA) is 59.8 Å². The molecule has 1 atom stereocenters. The fourth-order valence-corrected chi connectivity index (χ4v) is 3.07. The quantitative estimate of drug-likeness (QED) is 0.553. The Labute approximate surface area is 150 Å². The molecule has 1 N–H and O–H groups in total. The van der Waals surface area contributed by atoms with Crippen LogP contribution in [-0.4, -0.2) is 25.9 Å². The van der Waals surface area contributed by atoms with E-state index in [4.69, 9.17) is 11.6 Å². The predicted octanol–water partition coefficient (Wildman–Crippen LogP) is 4.38. The number of nitrogens with zero attached hydrogens (tertiary/aromatic N) is 3. The second-order valence-corrected chi connectivity index (χ2v) is 7.13. The van der Waals surface area contributed by atoms with Gasteiger partial charge in [-0.25, -0.2) is 4.39 Å². The average Bonchev–Trinajstić information content (AvgIpc) is 2.97. The molecule has 0 aliphatic rings. The van der Waals surface area contributed by atoms with E-state index < -0.39 is 11.1 Å². The van der Waals surface area contributed by atoms with Crippen LogP contribution in [0.4, 0.5) is 10.1 Å². The van der Waals surface area contributed by atoms with Crippen molar-refractivity contribution < 1.29 is 9.18 Å². The van der Waals surface area contributed by atoms with E-state index in [1.54, 1.807) is 13.3 Å². The molecule has 0 unspecified atom stereocenters. The van der Waals surface area contributed by atoms with Gasteiger partial charge < -0.3 is 9.88 Å². The van der Waals surface area contributed by atoms with Crippen molar-refractivity contribution >= 4 is 35.0 Å². The average molecular weight is 371 g/mol. The molecule has 2 aromatic rings. The Morgan fingerprint density at radius 1 is 1.46 bits per heavy atom. The SMILES string of the molecule is CCCCCn1cnnc1S[C@H](C)C(=O)Nc1ccc(Cl)cc1F. The Morgan fingerprint density at radius 2 is 2.25 bits per heavy atom. The minimum atomic E-state index is -0.559. The van der Waals surface area contributed by atoms with Gasteiger partial charge in [0, 0.05) is 11.6 Å². The highest BCUT2D eigenvalue weighted by molar-refractivity contribution is 8.00. The molecule has 0 radical (unpaired) electrons. The molecule has 2 rings (SSSR count). The maximum atomic E-state index is 13.8. The molecule has 0 spiro atoms. The number of unbranched alkanes of at least 4 members (excludes halogenated alkanes) is 2. The van der Waals surface area contributed by atoms with Gasteiger partial charge in [0.25, 0.3) is 0 Å². The summed E-state index contributed by atoms with van der Waals surface area (Å²) in [5.74, 6) is -0.861. The molecule has 130 valence electrons.